The summed E-state index contributed by atoms with van der Waals surface area (Å²) in [4.78, 5) is 8.71. The first-order chi connectivity index (χ1) is 14.5. The van der Waals surface area contributed by atoms with Crippen LogP contribution in [0.25, 0.3) is 38.4 Å². The second kappa shape index (κ2) is 8.42. The Hall–Kier alpha value is -2.73. The molecule has 0 bridgehead atoms. The average molecular weight is 606 g/mol. The van der Waals surface area contributed by atoms with E-state index in [1.54, 1.807) is 6.07 Å². The normalized spacial score (nSPS) is 11.0. The Bertz CT molecular complexity index is 1370. The molecular weight excluding hydrogens is 588 g/mol. The Labute approximate surface area is 197 Å². The summed E-state index contributed by atoms with van der Waals surface area (Å²) in [5.74, 6) is 1.25. The molecule has 3 aromatic carbocycles. The number of aryl methyl sites for hydroxylation is 3. The molecule has 0 amide bonds. The second-order valence-electron chi connectivity index (χ2n) is 7.25. The minimum absolute atomic E-state index is 0. The van der Waals surface area contributed by atoms with E-state index in [1.165, 1.54) is 5.56 Å². The van der Waals surface area contributed by atoms with Gasteiger partial charge in [0.15, 0.2) is 0 Å². The molecule has 0 spiro atoms. The van der Waals surface area contributed by atoms with E-state index in [0.29, 0.717) is 22.7 Å². The van der Waals surface area contributed by atoms with E-state index in [9.17, 15) is 4.39 Å². The topological polar surface area (TPSA) is 43.6 Å². The Kier molecular flexibility index (Phi) is 5.84. The SMILES string of the molecule is Cc1nc(-c2[c-]ccc3sc(F)nc23)n(-c2c(C)cc(-c3ccccc3)cc2C)n1.[Ir]. The van der Waals surface area contributed by atoms with Gasteiger partial charge in [0.2, 0.25) is 0 Å². The quantitative estimate of drug-likeness (QED) is 0.235. The van der Waals surface area contributed by atoms with Crippen LogP contribution in [0.2, 0.25) is 0 Å². The third kappa shape index (κ3) is 3.85. The number of benzene rings is 3. The van der Waals surface area contributed by atoms with Gasteiger partial charge < -0.3 is 0 Å². The predicted molar refractivity (Wildman–Crippen MR) is 118 cm³/mol. The van der Waals surface area contributed by atoms with Crippen molar-refractivity contribution in [3.63, 3.8) is 0 Å². The van der Waals surface area contributed by atoms with E-state index >= 15 is 0 Å². The monoisotopic (exact) mass is 606 g/mol. The minimum atomic E-state index is -0.465. The summed E-state index contributed by atoms with van der Waals surface area (Å²) in [6.07, 6.45) is 0. The number of rotatable bonds is 3. The second-order valence-corrected chi connectivity index (χ2v) is 8.23. The number of aromatic nitrogens is 4. The maximum Gasteiger partial charge on any atom is 0.259 e. The molecule has 0 fully saturated rings. The summed E-state index contributed by atoms with van der Waals surface area (Å²) in [7, 11) is 0. The van der Waals surface area contributed by atoms with E-state index in [2.05, 4.69) is 59.2 Å². The molecule has 2 heterocycles. The third-order valence-electron chi connectivity index (χ3n) is 5.07. The van der Waals surface area contributed by atoms with Crippen LogP contribution in [0, 0.1) is 32.1 Å². The first kappa shape index (κ1) is 21.5. The van der Waals surface area contributed by atoms with Gasteiger partial charge in [-0.05, 0) is 59.9 Å². The van der Waals surface area contributed by atoms with E-state index < -0.39 is 5.26 Å². The Morgan fingerprint density at radius 3 is 2.35 bits per heavy atom. The summed E-state index contributed by atoms with van der Waals surface area (Å²) in [6, 6.07) is 21.4. The van der Waals surface area contributed by atoms with Crippen LogP contribution in [0.3, 0.4) is 0 Å². The fourth-order valence-corrected chi connectivity index (χ4v) is 4.56. The molecule has 2 aromatic heterocycles. The Balaban J connectivity index is 0.00000231. The molecule has 0 aliphatic rings. The Morgan fingerprint density at radius 2 is 1.65 bits per heavy atom. The fraction of sp³-hybridized carbons (Fsp3) is 0.125. The number of fused-ring (bicyclic) bond motifs is 1. The van der Waals surface area contributed by atoms with E-state index in [4.69, 9.17) is 0 Å². The average Bonchev–Trinajstić information content (AvgIpc) is 3.29. The maximum absolute atomic E-state index is 13.8. The van der Waals surface area contributed by atoms with Crippen LogP contribution < -0.4 is 0 Å². The summed E-state index contributed by atoms with van der Waals surface area (Å²) in [5, 5.41) is 4.20. The van der Waals surface area contributed by atoms with Crippen molar-refractivity contribution in [2.45, 2.75) is 20.8 Å². The smallest absolute Gasteiger partial charge is 0.259 e. The van der Waals surface area contributed by atoms with Gasteiger partial charge in [-0.15, -0.1) is 29.5 Å². The van der Waals surface area contributed by atoms with Crippen molar-refractivity contribution in [3.8, 4) is 28.2 Å². The van der Waals surface area contributed by atoms with E-state index in [0.717, 1.165) is 38.4 Å². The van der Waals surface area contributed by atoms with Crippen LogP contribution in [0.4, 0.5) is 4.39 Å². The number of hydrogen-bond donors (Lipinski definition) is 0. The van der Waals surface area contributed by atoms with Gasteiger partial charge in [-0.2, -0.15) is 9.49 Å². The molecule has 0 saturated heterocycles. The number of thiazole rings is 1. The molecule has 0 aliphatic carbocycles. The van der Waals surface area contributed by atoms with Gasteiger partial charge in [0.25, 0.3) is 5.26 Å². The molecular formula is C24H18FIrN4S-. The van der Waals surface area contributed by atoms with Crippen LogP contribution in [0.1, 0.15) is 17.0 Å². The molecule has 4 nitrogen and oxygen atoms in total. The standard InChI is InChI=1S/C24H18FN4S.Ir/c1-14-12-18(17-8-5-4-6-9-17)13-15(2)22(14)29-23(26-16(3)28-29)19-10-7-11-20-21(19)27-24(25)30-20;/h4-9,11-13H,1-3H3;/q-1;. The summed E-state index contributed by atoms with van der Waals surface area (Å²) >= 11 is 1.02. The molecule has 0 unspecified atom stereocenters. The molecule has 0 atom stereocenters. The van der Waals surface area contributed by atoms with Gasteiger partial charge in [-0.1, -0.05) is 35.9 Å². The van der Waals surface area contributed by atoms with Crippen molar-refractivity contribution >= 4 is 21.6 Å². The zero-order valence-electron chi connectivity index (χ0n) is 17.1. The first-order valence-electron chi connectivity index (χ1n) is 9.59. The van der Waals surface area contributed by atoms with Crippen LogP contribution in [0.15, 0.2) is 54.6 Å². The molecule has 31 heavy (non-hydrogen) atoms. The van der Waals surface area contributed by atoms with Gasteiger partial charge in [-0.25, -0.2) is 0 Å². The van der Waals surface area contributed by atoms with Gasteiger partial charge in [-0.3, -0.25) is 14.6 Å². The molecule has 5 rings (SSSR count). The Morgan fingerprint density at radius 1 is 0.935 bits per heavy atom. The molecule has 0 N–H and O–H groups in total. The number of halogens is 1. The summed E-state index contributed by atoms with van der Waals surface area (Å²) in [5.41, 5.74) is 6.66. The zero-order valence-corrected chi connectivity index (χ0v) is 20.3. The van der Waals surface area contributed by atoms with Gasteiger partial charge >= 0.3 is 0 Å². The molecule has 157 valence electrons. The van der Waals surface area contributed by atoms with Gasteiger partial charge in [0, 0.05) is 25.6 Å². The van der Waals surface area contributed by atoms with Crippen molar-refractivity contribution in [3.05, 3.63) is 82.9 Å². The number of nitrogens with zero attached hydrogens (tertiary/aromatic N) is 4. The zero-order chi connectivity index (χ0) is 20.8. The van der Waals surface area contributed by atoms with Crippen LogP contribution in [-0.4, -0.2) is 19.7 Å². The van der Waals surface area contributed by atoms with E-state index in [1.807, 2.05) is 35.9 Å². The largest absolute Gasteiger partial charge is 0.262 e. The van der Waals surface area contributed by atoms with Crippen molar-refractivity contribution < 1.29 is 24.5 Å². The maximum atomic E-state index is 13.8. The van der Waals surface area contributed by atoms with Crippen LogP contribution in [0.5, 0.6) is 0 Å². The predicted octanol–water partition coefficient (Wildman–Crippen LogP) is 6.07. The van der Waals surface area contributed by atoms with Gasteiger partial charge in [0.05, 0.1) is 11.5 Å². The van der Waals surface area contributed by atoms with Crippen molar-refractivity contribution in [2.75, 3.05) is 0 Å². The van der Waals surface area contributed by atoms with E-state index in [-0.39, 0.29) is 20.1 Å². The van der Waals surface area contributed by atoms with Crippen molar-refractivity contribution in [2.24, 2.45) is 0 Å². The molecule has 1 radical (unpaired) electrons. The van der Waals surface area contributed by atoms with Crippen molar-refractivity contribution in [1.82, 2.24) is 19.7 Å². The minimum Gasteiger partial charge on any atom is -0.262 e. The molecule has 5 aromatic rings. The molecule has 0 saturated carbocycles. The first-order valence-corrected chi connectivity index (χ1v) is 10.4. The van der Waals surface area contributed by atoms with Crippen LogP contribution >= 0.6 is 11.3 Å². The van der Waals surface area contributed by atoms with Gasteiger partial charge in [0.1, 0.15) is 5.82 Å². The third-order valence-corrected chi connectivity index (χ3v) is 5.88. The van der Waals surface area contributed by atoms with Crippen LogP contribution in [-0.2, 0) is 20.1 Å². The molecule has 7 heteroatoms. The molecule has 0 aliphatic heterocycles. The summed E-state index contributed by atoms with van der Waals surface area (Å²) in [6.45, 7) is 6.00. The van der Waals surface area contributed by atoms with Crippen molar-refractivity contribution in [1.29, 1.82) is 0 Å². The fourth-order valence-electron chi connectivity index (χ4n) is 3.86. The number of hydrogen-bond acceptors (Lipinski definition) is 4. The summed E-state index contributed by atoms with van der Waals surface area (Å²) < 4.78 is 16.4.